The van der Waals surface area contributed by atoms with Crippen LogP contribution in [0.4, 0.5) is 0 Å². The van der Waals surface area contributed by atoms with Crippen LogP contribution in [-0.2, 0) is 0 Å². The Morgan fingerprint density at radius 3 is 3.18 bits per heavy atom. The van der Waals surface area contributed by atoms with Crippen molar-refractivity contribution >= 4 is 33.0 Å². The Kier molecular flexibility index (Phi) is 1.59. The second-order valence-electron chi connectivity index (χ2n) is 2.41. The summed E-state index contributed by atoms with van der Waals surface area (Å²) in [6.45, 7) is 1.98. The van der Waals surface area contributed by atoms with Gasteiger partial charge in [-0.15, -0.1) is 11.3 Å². The number of aryl methyl sites for hydroxylation is 1. The lowest BCUT2D eigenvalue weighted by Gasteiger charge is -1.90. The van der Waals surface area contributed by atoms with Gasteiger partial charge in [0, 0.05) is 27.4 Å². The van der Waals surface area contributed by atoms with Crippen LogP contribution in [0.2, 0.25) is 5.02 Å². The zero-order chi connectivity index (χ0) is 7.84. The quantitative estimate of drug-likeness (QED) is 0.611. The van der Waals surface area contributed by atoms with E-state index in [1.54, 1.807) is 11.3 Å². The molecular weight excluding hydrogens is 178 g/mol. The molecule has 0 atom stereocenters. The van der Waals surface area contributed by atoms with E-state index in [1.807, 2.05) is 24.6 Å². The number of rotatable bonds is 0. The molecule has 0 fully saturated rings. The number of pyridine rings is 1. The number of thiophene rings is 1. The molecule has 11 heavy (non-hydrogen) atoms. The number of hydrogen-bond acceptors (Lipinski definition) is 2. The predicted molar refractivity (Wildman–Crippen MR) is 49.4 cm³/mol. The van der Waals surface area contributed by atoms with Gasteiger partial charge in [0.2, 0.25) is 0 Å². The third kappa shape index (κ3) is 1.12. The maximum absolute atomic E-state index is 5.90. The number of halogens is 1. The van der Waals surface area contributed by atoms with E-state index in [0.29, 0.717) is 0 Å². The first kappa shape index (κ1) is 7.07. The maximum atomic E-state index is 5.90. The van der Waals surface area contributed by atoms with E-state index in [-0.39, 0.29) is 0 Å². The number of hydrogen-bond donors (Lipinski definition) is 0. The lowest BCUT2D eigenvalue weighted by molar-refractivity contribution is 1.23. The van der Waals surface area contributed by atoms with Crippen molar-refractivity contribution in [3.8, 4) is 0 Å². The monoisotopic (exact) mass is 183 g/mol. The molecule has 3 heteroatoms. The molecule has 0 N–H and O–H groups in total. The van der Waals surface area contributed by atoms with Gasteiger partial charge in [0.15, 0.2) is 0 Å². The van der Waals surface area contributed by atoms with Gasteiger partial charge < -0.3 is 0 Å². The Morgan fingerprint density at radius 1 is 1.55 bits per heavy atom. The zero-order valence-corrected chi connectivity index (χ0v) is 7.54. The summed E-state index contributed by atoms with van der Waals surface area (Å²) in [5.74, 6) is 0. The molecule has 2 aromatic heterocycles. The Bertz CT molecular complexity index is 394. The Hall–Kier alpha value is -0.600. The standard InChI is InChI=1S/C8H6ClNS/c1-5-2-8-6(3-10-5)7(9)4-11-8/h2-4H,1H3. The first-order chi connectivity index (χ1) is 5.27. The fourth-order valence-electron chi connectivity index (χ4n) is 0.990. The molecule has 2 heterocycles. The largest absolute Gasteiger partial charge is 0.261 e. The first-order valence-corrected chi connectivity index (χ1v) is 4.52. The molecule has 0 saturated carbocycles. The number of nitrogens with zero attached hydrogens (tertiary/aromatic N) is 1. The average molecular weight is 184 g/mol. The highest BCUT2D eigenvalue weighted by Crippen LogP contribution is 2.29. The van der Waals surface area contributed by atoms with Crippen molar-refractivity contribution in [2.75, 3.05) is 0 Å². The van der Waals surface area contributed by atoms with Crippen LogP contribution in [0.25, 0.3) is 10.1 Å². The first-order valence-electron chi connectivity index (χ1n) is 3.27. The van der Waals surface area contributed by atoms with Gasteiger partial charge in [0.1, 0.15) is 0 Å². The normalized spacial score (nSPS) is 10.7. The van der Waals surface area contributed by atoms with Crippen molar-refractivity contribution in [1.82, 2.24) is 4.98 Å². The summed E-state index contributed by atoms with van der Waals surface area (Å²) < 4.78 is 1.21. The lowest BCUT2D eigenvalue weighted by atomic mass is 10.3. The maximum Gasteiger partial charge on any atom is 0.0607 e. The van der Waals surface area contributed by atoms with Gasteiger partial charge in [0.05, 0.1) is 5.02 Å². The van der Waals surface area contributed by atoms with Gasteiger partial charge in [-0.2, -0.15) is 0 Å². The molecular formula is C8H6ClNS. The topological polar surface area (TPSA) is 12.9 Å². The van der Waals surface area contributed by atoms with E-state index in [9.17, 15) is 0 Å². The van der Waals surface area contributed by atoms with Crippen LogP contribution >= 0.6 is 22.9 Å². The molecule has 56 valence electrons. The summed E-state index contributed by atoms with van der Waals surface area (Å²) in [6, 6.07) is 2.05. The minimum Gasteiger partial charge on any atom is -0.261 e. The SMILES string of the molecule is Cc1cc2scc(Cl)c2cn1. The number of fused-ring (bicyclic) bond motifs is 1. The van der Waals surface area contributed by atoms with Crippen LogP contribution in [0.5, 0.6) is 0 Å². The highest BCUT2D eigenvalue weighted by Gasteiger charge is 2.00. The summed E-state index contributed by atoms with van der Waals surface area (Å²) in [7, 11) is 0. The second kappa shape index (κ2) is 2.47. The molecule has 2 aromatic rings. The Balaban J connectivity index is 2.86. The summed E-state index contributed by atoms with van der Waals surface area (Å²) >= 11 is 7.55. The zero-order valence-electron chi connectivity index (χ0n) is 5.97. The molecule has 0 amide bonds. The van der Waals surface area contributed by atoms with Crippen LogP contribution in [0.15, 0.2) is 17.6 Å². The van der Waals surface area contributed by atoms with Gasteiger partial charge >= 0.3 is 0 Å². The van der Waals surface area contributed by atoms with E-state index in [1.165, 1.54) is 4.70 Å². The van der Waals surface area contributed by atoms with Gasteiger partial charge in [-0.05, 0) is 13.0 Å². The second-order valence-corrected chi connectivity index (χ2v) is 3.72. The van der Waals surface area contributed by atoms with Crippen molar-refractivity contribution in [3.05, 3.63) is 28.4 Å². The van der Waals surface area contributed by atoms with Crippen molar-refractivity contribution in [2.24, 2.45) is 0 Å². The Morgan fingerprint density at radius 2 is 2.36 bits per heavy atom. The molecule has 0 spiro atoms. The highest BCUT2D eigenvalue weighted by molar-refractivity contribution is 7.17. The minimum atomic E-state index is 0.803. The van der Waals surface area contributed by atoms with E-state index in [0.717, 1.165) is 16.1 Å². The predicted octanol–water partition coefficient (Wildman–Crippen LogP) is 3.26. The minimum absolute atomic E-state index is 0.803. The van der Waals surface area contributed by atoms with Crippen molar-refractivity contribution in [3.63, 3.8) is 0 Å². The summed E-state index contributed by atoms with van der Waals surface area (Å²) in [5, 5.41) is 3.80. The third-order valence-electron chi connectivity index (χ3n) is 1.55. The molecule has 0 aromatic carbocycles. The molecule has 0 aliphatic rings. The average Bonchev–Trinajstić information content (AvgIpc) is 2.32. The van der Waals surface area contributed by atoms with Crippen LogP contribution < -0.4 is 0 Å². The number of aromatic nitrogens is 1. The van der Waals surface area contributed by atoms with E-state index in [2.05, 4.69) is 4.98 Å². The third-order valence-corrected chi connectivity index (χ3v) is 2.94. The van der Waals surface area contributed by atoms with Crippen LogP contribution in [0.3, 0.4) is 0 Å². The molecule has 0 saturated heterocycles. The van der Waals surface area contributed by atoms with E-state index < -0.39 is 0 Å². The lowest BCUT2D eigenvalue weighted by Crippen LogP contribution is -1.76. The fourth-order valence-corrected chi connectivity index (χ4v) is 2.22. The molecule has 0 aliphatic heterocycles. The summed E-state index contributed by atoms with van der Waals surface area (Å²) in [4.78, 5) is 4.16. The van der Waals surface area contributed by atoms with E-state index in [4.69, 9.17) is 11.6 Å². The van der Waals surface area contributed by atoms with Crippen molar-refractivity contribution in [2.45, 2.75) is 6.92 Å². The summed E-state index contributed by atoms with van der Waals surface area (Å²) in [5.41, 5.74) is 1.04. The molecule has 0 radical (unpaired) electrons. The molecule has 2 rings (SSSR count). The van der Waals surface area contributed by atoms with E-state index >= 15 is 0 Å². The van der Waals surface area contributed by atoms with Crippen molar-refractivity contribution in [1.29, 1.82) is 0 Å². The van der Waals surface area contributed by atoms with Gasteiger partial charge in [-0.1, -0.05) is 11.6 Å². The van der Waals surface area contributed by atoms with Crippen LogP contribution in [0.1, 0.15) is 5.69 Å². The summed E-state index contributed by atoms with van der Waals surface area (Å²) in [6.07, 6.45) is 1.82. The smallest absolute Gasteiger partial charge is 0.0607 e. The highest BCUT2D eigenvalue weighted by atomic mass is 35.5. The molecule has 0 bridgehead atoms. The van der Waals surface area contributed by atoms with Gasteiger partial charge in [0.25, 0.3) is 0 Å². The molecule has 0 aliphatic carbocycles. The molecule has 0 unspecified atom stereocenters. The van der Waals surface area contributed by atoms with Crippen LogP contribution in [-0.4, -0.2) is 4.98 Å². The molecule has 1 nitrogen and oxygen atoms in total. The van der Waals surface area contributed by atoms with Gasteiger partial charge in [-0.25, -0.2) is 0 Å². The Labute approximate surface area is 73.6 Å². The van der Waals surface area contributed by atoms with Crippen molar-refractivity contribution < 1.29 is 0 Å². The van der Waals surface area contributed by atoms with Crippen LogP contribution in [0, 0.1) is 6.92 Å². The fraction of sp³-hybridized carbons (Fsp3) is 0.125. The van der Waals surface area contributed by atoms with Gasteiger partial charge in [-0.3, -0.25) is 4.98 Å².